The van der Waals surface area contributed by atoms with E-state index in [1.807, 2.05) is 0 Å². The quantitative estimate of drug-likeness (QED) is 0.0117. The Morgan fingerprint density at radius 3 is 1.03 bits per heavy atom. The third-order valence-corrected chi connectivity index (χ3v) is 19.6. The Morgan fingerprint density at radius 1 is 0.368 bits per heavy atom. The van der Waals surface area contributed by atoms with E-state index in [0.29, 0.717) is 19.3 Å². The molecule has 0 bridgehead atoms. The normalized spacial score (nSPS) is 28.1. The van der Waals surface area contributed by atoms with Crippen LogP contribution in [0.4, 0.5) is 0 Å². The zero-order valence-corrected chi connectivity index (χ0v) is 59.1. The summed E-state index contributed by atoms with van der Waals surface area (Å²) in [6.45, 7) is 3.45. The third kappa shape index (κ3) is 36.4. The van der Waals surface area contributed by atoms with Gasteiger partial charge in [-0.25, -0.2) is 4.57 Å². The van der Waals surface area contributed by atoms with E-state index in [1.165, 1.54) is 148 Å². The minimum atomic E-state index is -5.69. The lowest BCUT2D eigenvalue weighted by Crippen LogP contribution is -2.69. The lowest BCUT2D eigenvalue weighted by molar-refractivity contribution is -0.360. The smallest absolute Gasteiger partial charge is 0.463 e. The van der Waals surface area contributed by atoms with Crippen LogP contribution in [0.3, 0.4) is 0 Å². The minimum Gasteiger partial charge on any atom is -0.463 e. The molecule has 18 atom stereocenters. The van der Waals surface area contributed by atoms with Crippen molar-refractivity contribution < 1.29 is 117 Å². The minimum absolute atomic E-state index is 0.0334. The Labute approximate surface area is 568 Å². The van der Waals surface area contributed by atoms with E-state index >= 15 is 0 Å². The van der Waals surface area contributed by atoms with Gasteiger partial charge in [0.25, 0.3) is 0 Å². The van der Waals surface area contributed by atoms with Crippen molar-refractivity contribution in [3.63, 3.8) is 0 Å². The predicted molar refractivity (Wildman–Crippen MR) is 356 cm³/mol. The molecule has 3 aliphatic rings. The van der Waals surface area contributed by atoms with Crippen molar-refractivity contribution in [2.24, 2.45) is 0 Å². The molecule has 1 aliphatic carbocycles. The van der Waals surface area contributed by atoms with Crippen LogP contribution in [0, 0.1) is 0 Å². The lowest BCUT2D eigenvalue weighted by Gasteiger charge is -2.49. The fourth-order valence-electron chi connectivity index (χ4n) is 12.5. The number of aliphatic hydroxyl groups excluding tert-OH is 10. The number of phosphoric acid groups is 1. The summed E-state index contributed by atoms with van der Waals surface area (Å²) in [4.78, 5) is 50.9. The molecule has 2 saturated heterocycles. The van der Waals surface area contributed by atoms with Gasteiger partial charge in [-0.1, -0.05) is 258 Å². The lowest BCUT2D eigenvalue weighted by atomic mass is 9.84. The first-order valence-corrected chi connectivity index (χ1v) is 38.8. The number of hydrogen-bond donors (Lipinski definition) is 11. The molecule has 0 amide bonds. The van der Waals surface area contributed by atoms with Gasteiger partial charge in [0.2, 0.25) is 0 Å². The summed E-state index contributed by atoms with van der Waals surface area (Å²) >= 11 is 0. The second-order valence-corrected chi connectivity index (χ2v) is 28.4. The molecule has 1 saturated carbocycles. The summed E-state index contributed by atoms with van der Waals surface area (Å²) in [5.41, 5.74) is 0. The molecule has 3 fully saturated rings. The van der Waals surface area contributed by atoms with Crippen molar-refractivity contribution in [2.75, 3.05) is 26.4 Å². The Balaban J connectivity index is 1.74. The van der Waals surface area contributed by atoms with E-state index in [1.54, 1.807) is 0 Å². The Kier molecular flexibility index (Phi) is 48.5. The van der Waals surface area contributed by atoms with Crippen LogP contribution in [-0.2, 0) is 61.2 Å². The zero-order valence-electron chi connectivity index (χ0n) is 58.2. The van der Waals surface area contributed by atoms with E-state index in [9.17, 15) is 74.9 Å². The average molecular weight is 1390 g/mol. The second-order valence-electron chi connectivity index (χ2n) is 27.0. The molecule has 24 nitrogen and oxygen atoms in total. The van der Waals surface area contributed by atoms with Crippen molar-refractivity contribution in [1.82, 2.24) is 0 Å². The number of carbonyl (C=O) groups excluding carboxylic acids is 3. The molecule has 95 heavy (non-hydrogen) atoms. The Morgan fingerprint density at radius 2 is 0.674 bits per heavy atom. The number of carbonyl (C=O) groups is 3. The van der Waals surface area contributed by atoms with Gasteiger partial charge in [0.05, 0.1) is 13.2 Å². The molecule has 0 aromatic carbocycles. The fraction of sp³-hybridized carbons (Fsp3) is 0.957. The van der Waals surface area contributed by atoms with Gasteiger partial charge in [0.15, 0.2) is 18.7 Å². The predicted octanol–water partition coefficient (Wildman–Crippen LogP) is 9.80. The number of ether oxygens (including phenoxy) is 7. The fourth-order valence-corrected chi connectivity index (χ4v) is 13.5. The van der Waals surface area contributed by atoms with Gasteiger partial charge in [-0.05, 0) is 19.3 Å². The van der Waals surface area contributed by atoms with Gasteiger partial charge in [-0.3, -0.25) is 23.4 Å². The summed E-state index contributed by atoms with van der Waals surface area (Å²) < 4.78 is 65.0. The van der Waals surface area contributed by atoms with Crippen molar-refractivity contribution in [3.8, 4) is 0 Å². The monoisotopic (exact) mass is 1390 g/mol. The number of aliphatic hydroxyl groups is 10. The molecule has 2 aliphatic heterocycles. The molecule has 0 aromatic heterocycles. The standard InChI is InChI=1S/C70H131O24P/c1-4-7-10-13-16-19-22-25-26-28-31-32-35-38-41-44-54(72)86-48-51(89-56(74)46-43-40-37-34-29-24-21-18-15-12-9-6-3)49-88-95(84,85)94-68-66(92-69-64(82)59(77)57(75)52(47-71)90-69)62(80)61(79)63(81)67(68)93-70-65(83)60(78)58(76)53(91-70)50-87-55(73)45-42-39-36-33-30-27-23-20-17-14-11-8-5-2/h51-53,57-71,75-83H,4-50H2,1-3H3,(H,84,85). The van der Waals surface area contributed by atoms with E-state index in [2.05, 4.69) is 20.8 Å². The van der Waals surface area contributed by atoms with Gasteiger partial charge < -0.3 is 89.1 Å². The van der Waals surface area contributed by atoms with Crippen molar-refractivity contribution in [2.45, 2.75) is 401 Å². The summed E-state index contributed by atoms with van der Waals surface area (Å²) in [5.74, 6) is -1.97. The number of rotatable bonds is 58. The van der Waals surface area contributed by atoms with Crippen molar-refractivity contribution in [1.29, 1.82) is 0 Å². The number of phosphoric ester groups is 1. The molecule has 2 heterocycles. The van der Waals surface area contributed by atoms with Gasteiger partial charge in [0, 0.05) is 19.3 Å². The number of esters is 3. The van der Waals surface area contributed by atoms with Crippen LogP contribution < -0.4 is 0 Å². The first-order chi connectivity index (χ1) is 45.8. The molecular weight excluding hydrogens is 1260 g/mol. The van der Waals surface area contributed by atoms with Crippen LogP contribution in [0.15, 0.2) is 0 Å². The maximum atomic E-state index is 14.3. The molecule has 25 heteroatoms. The summed E-state index contributed by atoms with van der Waals surface area (Å²) in [6, 6.07) is 0. The van der Waals surface area contributed by atoms with E-state index in [-0.39, 0.29) is 19.3 Å². The summed E-state index contributed by atoms with van der Waals surface area (Å²) in [5, 5.41) is 110. The molecule has 3 rings (SSSR count). The van der Waals surface area contributed by atoms with E-state index in [0.717, 1.165) is 89.9 Å². The SMILES string of the molecule is CCCCCCCCCCCCCCCCCC(=O)OCC(COP(=O)(O)OC1C(OC2OC(CO)C(O)C(O)C2O)C(O)C(O)C(O)C1OC1OC(COC(=O)CCCCCCCCCCCCCCC)C(O)C(O)C1O)OC(=O)CCCCCCCCCCCCCC. The van der Waals surface area contributed by atoms with Gasteiger partial charge in [-0.15, -0.1) is 0 Å². The molecule has 0 spiro atoms. The maximum Gasteiger partial charge on any atom is 0.472 e. The van der Waals surface area contributed by atoms with Crippen LogP contribution in [-0.4, -0.2) is 204 Å². The number of unbranched alkanes of at least 4 members (excludes halogenated alkanes) is 37. The molecule has 0 aromatic rings. The molecule has 0 radical (unpaired) electrons. The van der Waals surface area contributed by atoms with Gasteiger partial charge in [0.1, 0.15) is 98.7 Å². The highest BCUT2D eigenvalue weighted by Crippen LogP contribution is 2.49. The molecule has 11 N–H and O–H groups in total. The first-order valence-electron chi connectivity index (χ1n) is 37.3. The van der Waals surface area contributed by atoms with E-state index < -0.39 is 156 Å². The van der Waals surface area contributed by atoms with E-state index in [4.69, 9.17) is 42.2 Å². The highest BCUT2D eigenvalue weighted by molar-refractivity contribution is 7.47. The maximum absolute atomic E-state index is 14.3. The second kappa shape index (κ2) is 52.9. The molecular formula is C70H131O24P. The van der Waals surface area contributed by atoms with Crippen LogP contribution in [0.5, 0.6) is 0 Å². The van der Waals surface area contributed by atoms with Crippen LogP contribution in [0.25, 0.3) is 0 Å². The summed E-state index contributed by atoms with van der Waals surface area (Å²) in [6.07, 6.45) is 8.93. The van der Waals surface area contributed by atoms with Gasteiger partial charge in [-0.2, -0.15) is 0 Å². The molecule has 560 valence electrons. The first kappa shape index (κ1) is 87.2. The number of hydrogen-bond acceptors (Lipinski definition) is 23. The Bertz CT molecular complexity index is 1980. The third-order valence-electron chi connectivity index (χ3n) is 18.6. The summed E-state index contributed by atoms with van der Waals surface area (Å²) in [7, 11) is -5.69. The van der Waals surface area contributed by atoms with Crippen LogP contribution >= 0.6 is 7.82 Å². The highest BCUT2D eigenvalue weighted by atomic mass is 31.2. The van der Waals surface area contributed by atoms with Crippen LogP contribution in [0.2, 0.25) is 0 Å². The van der Waals surface area contributed by atoms with Gasteiger partial charge >= 0.3 is 25.7 Å². The van der Waals surface area contributed by atoms with Crippen molar-refractivity contribution in [3.05, 3.63) is 0 Å². The largest absolute Gasteiger partial charge is 0.472 e. The molecule has 18 unspecified atom stereocenters. The van der Waals surface area contributed by atoms with Crippen molar-refractivity contribution >= 4 is 25.7 Å². The topological polar surface area (TPSA) is 374 Å². The highest BCUT2D eigenvalue weighted by Gasteiger charge is 2.58. The Hall–Kier alpha value is -2.04. The average Bonchev–Trinajstić information content (AvgIpc) is 0.764. The zero-order chi connectivity index (χ0) is 69.6. The van der Waals surface area contributed by atoms with Crippen LogP contribution in [0.1, 0.15) is 297 Å².